The summed E-state index contributed by atoms with van der Waals surface area (Å²) in [5, 5.41) is 0. The number of fused-ring (bicyclic) bond motifs is 1. The molecule has 1 aliphatic heterocycles. The number of ether oxygens (including phenoxy) is 1. The van der Waals surface area contributed by atoms with Crippen LogP contribution in [0, 0.1) is 0 Å². The number of anilines is 1. The number of carbonyl (C=O) groups is 1. The Labute approximate surface area is 125 Å². The van der Waals surface area contributed by atoms with Crippen molar-refractivity contribution in [2.75, 3.05) is 24.6 Å². The molecular formula is C18H19NO2. The van der Waals surface area contributed by atoms with Crippen LogP contribution in [0.2, 0.25) is 0 Å². The molecule has 21 heavy (non-hydrogen) atoms. The van der Waals surface area contributed by atoms with Crippen molar-refractivity contribution in [2.45, 2.75) is 12.8 Å². The number of hydrogen-bond acceptors (Lipinski definition) is 3. The Morgan fingerprint density at radius 1 is 1.05 bits per heavy atom. The molecule has 1 aliphatic rings. The minimum Gasteiger partial charge on any atom is -0.491 e. The van der Waals surface area contributed by atoms with Crippen LogP contribution in [0.3, 0.4) is 0 Å². The molecule has 0 spiro atoms. The molecule has 0 aromatic heterocycles. The molecule has 1 heterocycles. The number of ketones is 1. The zero-order valence-corrected chi connectivity index (χ0v) is 12.0. The van der Waals surface area contributed by atoms with Crippen LogP contribution in [-0.4, -0.2) is 25.5 Å². The van der Waals surface area contributed by atoms with Crippen molar-refractivity contribution in [1.29, 1.82) is 0 Å². The molecule has 0 atom stereocenters. The van der Waals surface area contributed by atoms with Gasteiger partial charge in [-0.2, -0.15) is 0 Å². The Bertz CT molecular complexity index is 610. The number of Topliss-reactive ketones (excluding diaryl/α,β-unsaturated/α-hetero) is 1. The van der Waals surface area contributed by atoms with Crippen LogP contribution in [0.4, 0.5) is 5.69 Å². The first-order valence-electron chi connectivity index (χ1n) is 7.35. The molecule has 0 amide bonds. The Hall–Kier alpha value is -2.29. The maximum absolute atomic E-state index is 12.3. The fourth-order valence-corrected chi connectivity index (χ4v) is 2.65. The SMILES string of the molecule is O=C(Cc1ccccc1)CN1CCCOc2ccccc21. The molecule has 3 nitrogen and oxygen atoms in total. The van der Waals surface area contributed by atoms with E-state index in [4.69, 9.17) is 4.74 Å². The van der Waals surface area contributed by atoms with Crippen LogP contribution < -0.4 is 9.64 Å². The van der Waals surface area contributed by atoms with E-state index < -0.39 is 0 Å². The van der Waals surface area contributed by atoms with Gasteiger partial charge in [0.25, 0.3) is 0 Å². The predicted molar refractivity (Wildman–Crippen MR) is 83.9 cm³/mol. The second-order valence-corrected chi connectivity index (χ2v) is 5.29. The topological polar surface area (TPSA) is 29.5 Å². The minimum absolute atomic E-state index is 0.234. The van der Waals surface area contributed by atoms with Crippen LogP contribution in [-0.2, 0) is 11.2 Å². The zero-order valence-electron chi connectivity index (χ0n) is 12.0. The lowest BCUT2D eigenvalue weighted by molar-refractivity contribution is -0.117. The number of carbonyl (C=O) groups excluding carboxylic acids is 1. The van der Waals surface area contributed by atoms with Gasteiger partial charge >= 0.3 is 0 Å². The number of hydrogen-bond donors (Lipinski definition) is 0. The highest BCUT2D eigenvalue weighted by Crippen LogP contribution is 2.30. The summed E-state index contributed by atoms with van der Waals surface area (Å²) < 4.78 is 5.73. The van der Waals surface area contributed by atoms with E-state index in [1.165, 1.54) is 0 Å². The fraction of sp³-hybridized carbons (Fsp3) is 0.278. The molecule has 0 aliphatic carbocycles. The predicted octanol–water partition coefficient (Wildman–Crippen LogP) is 3.09. The van der Waals surface area contributed by atoms with Gasteiger partial charge in [0.15, 0.2) is 5.78 Å². The Kier molecular flexibility index (Phi) is 4.20. The van der Waals surface area contributed by atoms with Crippen molar-refractivity contribution >= 4 is 11.5 Å². The third-order valence-electron chi connectivity index (χ3n) is 3.65. The summed E-state index contributed by atoms with van der Waals surface area (Å²) in [5.74, 6) is 1.11. The molecule has 0 N–H and O–H groups in total. The van der Waals surface area contributed by atoms with Gasteiger partial charge in [-0.15, -0.1) is 0 Å². The lowest BCUT2D eigenvalue weighted by atomic mass is 10.1. The number of nitrogens with zero attached hydrogens (tertiary/aromatic N) is 1. The molecule has 108 valence electrons. The highest BCUT2D eigenvalue weighted by molar-refractivity contribution is 5.86. The highest BCUT2D eigenvalue weighted by Gasteiger charge is 2.18. The first kappa shape index (κ1) is 13.7. The van der Waals surface area contributed by atoms with Gasteiger partial charge in [0.05, 0.1) is 18.8 Å². The van der Waals surface area contributed by atoms with E-state index in [9.17, 15) is 4.79 Å². The number of para-hydroxylation sites is 2. The van der Waals surface area contributed by atoms with Crippen LogP contribution in [0.15, 0.2) is 54.6 Å². The van der Waals surface area contributed by atoms with E-state index in [0.29, 0.717) is 19.6 Å². The van der Waals surface area contributed by atoms with Gasteiger partial charge in [-0.25, -0.2) is 0 Å². The van der Waals surface area contributed by atoms with E-state index in [0.717, 1.165) is 30.0 Å². The second-order valence-electron chi connectivity index (χ2n) is 5.29. The van der Waals surface area contributed by atoms with Gasteiger partial charge in [0.2, 0.25) is 0 Å². The molecule has 0 radical (unpaired) electrons. The van der Waals surface area contributed by atoms with Gasteiger partial charge < -0.3 is 9.64 Å². The summed E-state index contributed by atoms with van der Waals surface area (Å²) in [5.41, 5.74) is 2.10. The summed E-state index contributed by atoms with van der Waals surface area (Å²) in [6.45, 7) is 2.01. The van der Waals surface area contributed by atoms with Crippen molar-refractivity contribution in [1.82, 2.24) is 0 Å². The normalized spacial score (nSPS) is 14.0. The highest BCUT2D eigenvalue weighted by atomic mass is 16.5. The molecule has 0 fully saturated rings. The summed E-state index contributed by atoms with van der Waals surface area (Å²) >= 11 is 0. The van der Waals surface area contributed by atoms with Crippen molar-refractivity contribution in [2.24, 2.45) is 0 Å². The van der Waals surface area contributed by atoms with Crippen LogP contribution >= 0.6 is 0 Å². The first-order chi connectivity index (χ1) is 10.3. The summed E-state index contributed by atoms with van der Waals surface area (Å²) in [7, 11) is 0. The van der Waals surface area contributed by atoms with Crippen molar-refractivity contribution in [3.63, 3.8) is 0 Å². The van der Waals surface area contributed by atoms with E-state index in [1.54, 1.807) is 0 Å². The van der Waals surface area contributed by atoms with Gasteiger partial charge in [-0.05, 0) is 24.1 Å². The van der Waals surface area contributed by atoms with E-state index >= 15 is 0 Å². The largest absolute Gasteiger partial charge is 0.491 e. The van der Waals surface area contributed by atoms with Crippen LogP contribution in [0.5, 0.6) is 5.75 Å². The molecule has 0 saturated carbocycles. The van der Waals surface area contributed by atoms with Crippen molar-refractivity contribution in [3.05, 3.63) is 60.2 Å². The first-order valence-corrected chi connectivity index (χ1v) is 7.35. The van der Waals surface area contributed by atoms with Crippen LogP contribution in [0.1, 0.15) is 12.0 Å². The van der Waals surface area contributed by atoms with Crippen molar-refractivity contribution < 1.29 is 9.53 Å². The summed E-state index contributed by atoms with van der Waals surface area (Å²) in [6, 6.07) is 17.8. The molecule has 2 aromatic rings. The van der Waals surface area contributed by atoms with E-state index in [2.05, 4.69) is 4.90 Å². The number of benzene rings is 2. The molecule has 0 unspecified atom stereocenters. The molecular weight excluding hydrogens is 262 g/mol. The van der Waals surface area contributed by atoms with Gasteiger partial charge in [-0.3, -0.25) is 4.79 Å². The van der Waals surface area contributed by atoms with E-state index in [1.807, 2.05) is 54.6 Å². The molecule has 3 heteroatoms. The second kappa shape index (κ2) is 6.44. The lowest BCUT2D eigenvalue weighted by Gasteiger charge is -2.22. The van der Waals surface area contributed by atoms with Crippen LogP contribution in [0.25, 0.3) is 0 Å². The monoisotopic (exact) mass is 281 g/mol. The van der Waals surface area contributed by atoms with Crippen molar-refractivity contribution in [3.8, 4) is 5.75 Å². The Balaban J connectivity index is 1.71. The average molecular weight is 281 g/mol. The molecule has 0 bridgehead atoms. The smallest absolute Gasteiger partial charge is 0.156 e. The van der Waals surface area contributed by atoms with E-state index in [-0.39, 0.29) is 5.78 Å². The molecule has 3 rings (SSSR count). The minimum atomic E-state index is 0.234. The maximum atomic E-state index is 12.3. The fourth-order valence-electron chi connectivity index (χ4n) is 2.65. The standard InChI is InChI=1S/C18H19NO2/c20-16(13-15-7-2-1-3-8-15)14-19-11-6-12-21-18-10-5-4-9-17(18)19/h1-5,7-10H,6,11-14H2. The third kappa shape index (κ3) is 3.43. The Morgan fingerprint density at radius 3 is 2.67 bits per heavy atom. The summed E-state index contributed by atoms with van der Waals surface area (Å²) in [6.07, 6.45) is 1.42. The lowest BCUT2D eigenvalue weighted by Crippen LogP contribution is -2.31. The Morgan fingerprint density at radius 2 is 1.81 bits per heavy atom. The maximum Gasteiger partial charge on any atom is 0.156 e. The molecule has 0 saturated heterocycles. The zero-order chi connectivity index (χ0) is 14.5. The van der Waals surface area contributed by atoms with Gasteiger partial charge in [-0.1, -0.05) is 42.5 Å². The summed E-state index contributed by atoms with van der Waals surface area (Å²) in [4.78, 5) is 14.5. The van der Waals surface area contributed by atoms with Gasteiger partial charge in [0.1, 0.15) is 5.75 Å². The average Bonchev–Trinajstić information content (AvgIpc) is 2.71. The number of rotatable bonds is 4. The molecule has 2 aromatic carbocycles. The quantitative estimate of drug-likeness (QED) is 0.862. The third-order valence-corrected chi connectivity index (χ3v) is 3.65. The van der Waals surface area contributed by atoms with Gasteiger partial charge in [0, 0.05) is 13.0 Å².